The number of aromatic nitrogens is 1. The van der Waals surface area contributed by atoms with Gasteiger partial charge in [0.1, 0.15) is 6.61 Å². The zero-order valence-electron chi connectivity index (χ0n) is 17.9. The molecule has 1 aliphatic rings. The monoisotopic (exact) mass is 524 g/mol. The number of pyridine rings is 1. The number of carbonyl (C=O) groups excluding carboxylic acids is 2. The minimum atomic E-state index is -0.286. The summed E-state index contributed by atoms with van der Waals surface area (Å²) in [4.78, 5) is 31.2. The Labute approximate surface area is 204 Å². The average Bonchev–Trinajstić information content (AvgIpc) is 3.10. The van der Waals surface area contributed by atoms with Crippen LogP contribution in [-0.2, 0) is 17.8 Å². The van der Waals surface area contributed by atoms with Gasteiger partial charge in [-0.15, -0.1) is 0 Å². The Balaban J connectivity index is 1.49. The van der Waals surface area contributed by atoms with E-state index in [1.807, 2.05) is 54.6 Å². The summed E-state index contributed by atoms with van der Waals surface area (Å²) in [5.41, 5.74) is 2.59. The van der Waals surface area contributed by atoms with Gasteiger partial charge in [0.2, 0.25) is 0 Å². The molecule has 0 bridgehead atoms. The number of hydrogen-bond donors (Lipinski definition) is 0. The number of carbonyl (C=O) groups is 2. The highest BCUT2D eigenvalue weighted by Gasteiger charge is 2.34. The first-order valence-corrected chi connectivity index (χ1v) is 11.9. The highest BCUT2D eigenvalue weighted by molar-refractivity contribution is 9.10. The van der Waals surface area contributed by atoms with Crippen LogP contribution in [0.15, 0.2) is 76.2 Å². The smallest absolute Gasteiger partial charge is 0.293 e. The average molecular weight is 525 g/mol. The molecule has 168 valence electrons. The van der Waals surface area contributed by atoms with Gasteiger partial charge >= 0.3 is 0 Å². The van der Waals surface area contributed by atoms with Gasteiger partial charge in [0.25, 0.3) is 11.1 Å². The molecule has 8 heteroatoms. The quantitative estimate of drug-likeness (QED) is 0.351. The van der Waals surface area contributed by atoms with Crippen LogP contribution in [0.5, 0.6) is 11.5 Å². The second-order valence-corrected chi connectivity index (χ2v) is 9.06. The van der Waals surface area contributed by atoms with Gasteiger partial charge in [-0.25, -0.2) is 0 Å². The number of imide groups is 1. The van der Waals surface area contributed by atoms with Gasteiger partial charge in [0.05, 0.1) is 22.2 Å². The molecule has 0 unspecified atom stereocenters. The first-order chi connectivity index (χ1) is 16.0. The van der Waals surface area contributed by atoms with Gasteiger partial charge in [0.15, 0.2) is 11.5 Å². The predicted octanol–water partition coefficient (Wildman–Crippen LogP) is 5.71. The summed E-state index contributed by atoms with van der Waals surface area (Å²) in [6.45, 7) is 0.634. The normalized spacial score (nSPS) is 14.7. The second-order valence-electron chi connectivity index (χ2n) is 7.21. The summed E-state index contributed by atoms with van der Waals surface area (Å²) in [6, 6.07) is 19.0. The van der Waals surface area contributed by atoms with Crippen LogP contribution in [0.25, 0.3) is 6.08 Å². The van der Waals surface area contributed by atoms with E-state index in [1.165, 1.54) is 4.90 Å². The summed E-state index contributed by atoms with van der Waals surface area (Å²) >= 11 is 4.47. The van der Waals surface area contributed by atoms with Crippen molar-refractivity contribution in [1.82, 2.24) is 9.88 Å². The minimum Gasteiger partial charge on any atom is -0.493 e. The number of rotatable bonds is 8. The van der Waals surface area contributed by atoms with Crippen LogP contribution in [-0.4, -0.2) is 34.7 Å². The van der Waals surface area contributed by atoms with Crippen molar-refractivity contribution < 1.29 is 19.1 Å². The number of benzene rings is 2. The van der Waals surface area contributed by atoms with Crippen molar-refractivity contribution >= 4 is 44.9 Å². The maximum atomic E-state index is 12.8. The Morgan fingerprint density at radius 3 is 2.61 bits per heavy atom. The van der Waals surface area contributed by atoms with Crippen LogP contribution in [0.4, 0.5) is 4.79 Å². The van der Waals surface area contributed by atoms with Crippen molar-refractivity contribution in [2.75, 3.05) is 13.7 Å². The summed E-state index contributed by atoms with van der Waals surface area (Å²) in [7, 11) is 1.55. The molecule has 0 radical (unpaired) electrons. The molecule has 0 atom stereocenters. The molecule has 1 saturated heterocycles. The SMILES string of the molecule is COc1cc(/C=C2/SC(=O)N(CCc3ccccc3)C2=O)cc(Br)c1OCc1ccccn1. The van der Waals surface area contributed by atoms with E-state index in [9.17, 15) is 9.59 Å². The molecule has 0 N–H and O–H groups in total. The summed E-state index contributed by atoms with van der Waals surface area (Å²) in [5, 5.41) is -0.261. The molecule has 2 amide bonds. The van der Waals surface area contributed by atoms with E-state index in [-0.39, 0.29) is 17.8 Å². The first-order valence-electron chi connectivity index (χ1n) is 10.2. The second kappa shape index (κ2) is 10.7. The van der Waals surface area contributed by atoms with Crippen LogP contribution in [0.1, 0.15) is 16.8 Å². The maximum absolute atomic E-state index is 12.8. The zero-order valence-corrected chi connectivity index (χ0v) is 20.3. The van der Waals surface area contributed by atoms with Gasteiger partial charge in [-0.3, -0.25) is 19.5 Å². The molecule has 2 heterocycles. The number of hydrogen-bond acceptors (Lipinski definition) is 6. The van der Waals surface area contributed by atoms with Crippen LogP contribution in [0, 0.1) is 0 Å². The highest BCUT2D eigenvalue weighted by atomic mass is 79.9. The Hall–Kier alpha value is -3.10. The molecule has 4 rings (SSSR count). The number of ether oxygens (including phenoxy) is 2. The molecule has 6 nitrogen and oxygen atoms in total. The fourth-order valence-electron chi connectivity index (χ4n) is 3.32. The maximum Gasteiger partial charge on any atom is 0.293 e. The molecule has 0 aliphatic carbocycles. The van der Waals surface area contributed by atoms with Gasteiger partial charge in [-0.05, 0) is 75.6 Å². The largest absolute Gasteiger partial charge is 0.493 e. The van der Waals surface area contributed by atoms with E-state index in [2.05, 4.69) is 20.9 Å². The molecular weight excluding hydrogens is 504 g/mol. The van der Waals surface area contributed by atoms with E-state index < -0.39 is 0 Å². The molecule has 1 aromatic heterocycles. The topological polar surface area (TPSA) is 68.7 Å². The molecule has 1 aliphatic heterocycles. The Morgan fingerprint density at radius 2 is 1.88 bits per heavy atom. The van der Waals surface area contributed by atoms with Crippen LogP contribution in [0.2, 0.25) is 0 Å². The third kappa shape index (κ3) is 5.64. The van der Waals surface area contributed by atoms with Crippen molar-refractivity contribution in [3.63, 3.8) is 0 Å². The van der Waals surface area contributed by atoms with Crippen molar-refractivity contribution in [3.8, 4) is 11.5 Å². The van der Waals surface area contributed by atoms with Crippen LogP contribution >= 0.6 is 27.7 Å². The Bertz CT molecular complexity index is 1190. The third-order valence-corrected chi connectivity index (χ3v) is 6.48. The number of amides is 2. The Morgan fingerprint density at radius 1 is 1.09 bits per heavy atom. The van der Waals surface area contributed by atoms with Crippen molar-refractivity contribution in [3.05, 3.63) is 93.1 Å². The lowest BCUT2D eigenvalue weighted by Gasteiger charge is -2.14. The lowest BCUT2D eigenvalue weighted by atomic mass is 10.1. The molecule has 2 aromatic carbocycles. The minimum absolute atomic E-state index is 0.261. The highest BCUT2D eigenvalue weighted by Crippen LogP contribution is 2.39. The summed E-state index contributed by atoms with van der Waals surface area (Å²) in [6.07, 6.45) is 4.03. The standard InChI is InChI=1S/C25H21BrN2O4S/c1-31-21-14-18(13-20(26)23(21)32-16-19-9-5-6-11-27-19)15-22-24(29)28(25(30)33-22)12-10-17-7-3-2-4-8-17/h2-9,11,13-15H,10,12,16H2,1H3/b22-15+. The molecule has 0 spiro atoms. The Kier molecular flexibility index (Phi) is 7.47. The summed E-state index contributed by atoms with van der Waals surface area (Å²) in [5.74, 6) is 0.762. The van der Waals surface area contributed by atoms with Gasteiger partial charge < -0.3 is 9.47 Å². The van der Waals surface area contributed by atoms with Gasteiger partial charge in [-0.2, -0.15) is 0 Å². The van der Waals surface area contributed by atoms with Gasteiger partial charge in [0, 0.05) is 12.7 Å². The van der Waals surface area contributed by atoms with E-state index >= 15 is 0 Å². The van der Waals surface area contributed by atoms with E-state index in [0.717, 1.165) is 28.6 Å². The fraction of sp³-hybridized carbons (Fsp3) is 0.160. The number of halogens is 1. The molecule has 3 aromatic rings. The van der Waals surface area contributed by atoms with E-state index in [1.54, 1.807) is 25.4 Å². The van der Waals surface area contributed by atoms with Gasteiger partial charge in [-0.1, -0.05) is 36.4 Å². The molecular formula is C25H21BrN2O4S. The van der Waals surface area contributed by atoms with Crippen molar-refractivity contribution in [1.29, 1.82) is 0 Å². The number of thioether (sulfide) groups is 1. The number of methoxy groups -OCH3 is 1. The predicted molar refractivity (Wildman–Crippen MR) is 132 cm³/mol. The van der Waals surface area contributed by atoms with Crippen LogP contribution < -0.4 is 9.47 Å². The van der Waals surface area contributed by atoms with E-state index in [4.69, 9.17) is 9.47 Å². The first kappa shape index (κ1) is 23.1. The summed E-state index contributed by atoms with van der Waals surface area (Å²) < 4.78 is 12.1. The third-order valence-electron chi connectivity index (χ3n) is 4.98. The lowest BCUT2D eigenvalue weighted by Crippen LogP contribution is -2.30. The molecule has 0 saturated carbocycles. The fourth-order valence-corrected chi connectivity index (χ4v) is 4.76. The number of nitrogens with zero attached hydrogens (tertiary/aromatic N) is 2. The zero-order chi connectivity index (χ0) is 23.2. The molecule has 1 fully saturated rings. The van der Waals surface area contributed by atoms with E-state index in [0.29, 0.717) is 33.8 Å². The lowest BCUT2D eigenvalue weighted by molar-refractivity contribution is -0.122. The van der Waals surface area contributed by atoms with Crippen molar-refractivity contribution in [2.24, 2.45) is 0 Å². The molecule has 33 heavy (non-hydrogen) atoms. The van der Waals surface area contributed by atoms with Crippen molar-refractivity contribution in [2.45, 2.75) is 13.0 Å². The van der Waals surface area contributed by atoms with Crippen LogP contribution in [0.3, 0.4) is 0 Å².